The summed E-state index contributed by atoms with van der Waals surface area (Å²) in [5, 5.41) is 27.8. The molecule has 18 heavy (non-hydrogen) atoms. The number of nitrogens with zero attached hydrogens (tertiary/aromatic N) is 3. The van der Waals surface area contributed by atoms with E-state index in [1.807, 2.05) is 0 Å². The Morgan fingerprint density at radius 3 is 2.94 bits per heavy atom. The SMILES string of the molecule is Cn1cc([N+](=O)[O-])c(NCC2(O)CCOCC2)n1. The van der Waals surface area contributed by atoms with Crippen LogP contribution in [0.4, 0.5) is 11.5 Å². The number of hydrogen-bond donors (Lipinski definition) is 2. The molecule has 0 atom stereocenters. The molecule has 8 heteroatoms. The van der Waals surface area contributed by atoms with E-state index in [-0.39, 0.29) is 18.1 Å². The molecule has 8 nitrogen and oxygen atoms in total. The minimum Gasteiger partial charge on any atom is -0.388 e. The maximum absolute atomic E-state index is 10.8. The maximum atomic E-state index is 10.8. The van der Waals surface area contributed by atoms with Crippen LogP contribution >= 0.6 is 0 Å². The summed E-state index contributed by atoms with van der Waals surface area (Å²) in [5.74, 6) is 0.183. The zero-order valence-corrected chi connectivity index (χ0v) is 10.1. The Morgan fingerprint density at radius 2 is 2.33 bits per heavy atom. The van der Waals surface area contributed by atoms with E-state index in [2.05, 4.69) is 10.4 Å². The Morgan fingerprint density at radius 1 is 1.67 bits per heavy atom. The molecule has 0 unspecified atom stereocenters. The molecule has 1 aromatic heterocycles. The third-order valence-corrected chi connectivity index (χ3v) is 3.01. The lowest BCUT2D eigenvalue weighted by molar-refractivity contribution is -0.384. The van der Waals surface area contributed by atoms with E-state index >= 15 is 0 Å². The lowest BCUT2D eigenvalue weighted by Crippen LogP contribution is -2.42. The minimum absolute atomic E-state index is 0.0897. The van der Waals surface area contributed by atoms with Gasteiger partial charge in [0.15, 0.2) is 0 Å². The molecular formula is C10H16N4O4. The predicted molar refractivity (Wildman–Crippen MR) is 63.4 cm³/mol. The molecule has 1 aliphatic rings. The smallest absolute Gasteiger partial charge is 0.330 e. The summed E-state index contributed by atoms with van der Waals surface area (Å²) in [5.41, 5.74) is -0.975. The molecule has 2 heterocycles. The number of aromatic nitrogens is 2. The van der Waals surface area contributed by atoms with E-state index < -0.39 is 10.5 Å². The van der Waals surface area contributed by atoms with Gasteiger partial charge in [0.25, 0.3) is 0 Å². The highest BCUT2D eigenvalue weighted by Crippen LogP contribution is 2.25. The Kier molecular flexibility index (Phi) is 3.48. The fourth-order valence-electron chi connectivity index (χ4n) is 1.91. The van der Waals surface area contributed by atoms with Gasteiger partial charge in [-0.3, -0.25) is 14.8 Å². The first kappa shape index (κ1) is 12.8. The van der Waals surface area contributed by atoms with Crippen molar-refractivity contribution in [1.82, 2.24) is 9.78 Å². The second-order valence-corrected chi connectivity index (χ2v) is 4.48. The number of aryl methyl sites for hydroxylation is 1. The Labute approximate surface area is 104 Å². The number of nitrogens with one attached hydrogen (secondary N) is 1. The number of hydrogen-bond acceptors (Lipinski definition) is 6. The van der Waals surface area contributed by atoms with E-state index in [1.54, 1.807) is 7.05 Å². The normalized spacial score (nSPS) is 18.6. The van der Waals surface area contributed by atoms with Crippen molar-refractivity contribution < 1.29 is 14.8 Å². The Bertz CT molecular complexity index is 439. The molecule has 2 N–H and O–H groups in total. The maximum Gasteiger partial charge on any atom is 0.330 e. The van der Waals surface area contributed by atoms with Crippen LogP contribution in [0.15, 0.2) is 6.20 Å². The highest BCUT2D eigenvalue weighted by Gasteiger charge is 2.31. The third-order valence-electron chi connectivity index (χ3n) is 3.01. The quantitative estimate of drug-likeness (QED) is 0.592. The predicted octanol–water partition coefficient (Wildman–Crippen LogP) is 0.282. The minimum atomic E-state index is -0.885. The highest BCUT2D eigenvalue weighted by atomic mass is 16.6. The Balaban J connectivity index is 2.03. The molecule has 1 aromatic rings. The zero-order chi connectivity index (χ0) is 13.2. The first-order chi connectivity index (χ1) is 8.50. The first-order valence-corrected chi connectivity index (χ1v) is 5.72. The van der Waals surface area contributed by atoms with E-state index in [0.29, 0.717) is 26.1 Å². The van der Waals surface area contributed by atoms with E-state index in [0.717, 1.165) is 0 Å². The molecule has 0 saturated carbocycles. The average molecular weight is 256 g/mol. The van der Waals surface area contributed by atoms with Crippen molar-refractivity contribution >= 4 is 11.5 Å². The number of ether oxygens (including phenoxy) is 1. The van der Waals surface area contributed by atoms with Gasteiger partial charge in [-0.1, -0.05) is 0 Å². The molecule has 2 rings (SSSR count). The molecule has 1 fully saturated rings. The van der Waals surface area contributed by atoms with E-state index in [4.69, 9.17) is 4.74 Å². The summed E-state index contributed by atoms with van der Waals surface area (Å²) in [7, 11) is 1.61. The van der Waals surface area contributed by atoms with Crippen molar-refractivity contribution in [1.29, 1.82) is 0 Å². The summed E-state index contributed by atoms with van der Waals surface area (Å²) < 4.78 is 6.54. The van der Waals surface area contributed by atoms with E-state index in [9.17, 15) is 15.2 Å². The monoisotopic (exact) mass is 256 g/mol. The standard InChI is InChI=1S/C10H16N4O4/c1-13-6-8(14(16)17)9(12-13)11-7-10(15)2-4-18-5-3-10/h6,15H,2-5,7H2,1H3,(H,11,12). The second-order valence-electron chi connectivity index (χ2n) is 4.48. The largest absolute Gasteiger partial charge is 0.388 e. The van der Waals surface area contributed by atoms with Crippen LogP contribution in [0.3, 0.4) is 0 Å². The molecule has 0 aliphatic carbocycles. The van der Waals surface area contributed by atoms with Gasteiger partial charge in [0.2, 0.25) is 5.82 Å². The molecule has 0 amide bonds. The molecule has 0 spiro atoms. The molecule has 100 valence electrons. The topological polar surface area (TPSA) is 102 Å². The van der Waals surface area contributed by atoms with Crippen molar-refractivity contribution in [3.63, 3.8) is 0 Å². The summed E-state index contributed by atoms with van der Waals surface area (Å²) in [6.07, 6.45) is 2.36. The van der Waals surface area contributed by atoms with E-state index in [1.165, 1.54) is 10.9 Å². The van der Waals surface area contributed by atoms with Gasteiger partial charge in [0.05, 0.1) is 10.5 Å². The fraction of sp³-hybridized carbons (Fsp3) is 0.700. The van der Waals surface area contributed by atoms with Gasteiger partial charge in [-0.2, -0.15) is 0 Å². The molecule has 0 bridgehead atoms. The van der Waals surface area contributed by atoms with Gasteiger partial charge in [0.1, 0.15) is 6.20 Å². The lowest BCUT2D eigenvalue weighted by Gasteiger charge is -2.31. The van der Waals surface area contributed by atoms with Crippen LogP contribution in [-0.2, 0) is 11.8 Å². The molecule has 0 aromatic carbocycles. The van der Waals surface area contributed by atoms with Crippen LogP contribution < -0.4 is 5.32 Å². The molecular weight excluding hydrogens is 240 g/mol. The zero-order valence-electron chi connectivity index (χ0n) is 10.1. The van der Waals surface area contributed by atoms with Crippen molar-refractivity contribution in [2.45, 2.75) is 18.4 Å². The van der Waals surface area contributed by atoms with Crippen LogP contribution in [-0.4, -0.2) is 45.2 Å². The third kappa shape index (κ3) is 2.77. The number of rotatable bonds is 4. The van der Waals surface area contributed by atoms with Gasteiger partial charge in [-0.05, 0) is 0 Å². The van der Waals surface area contributed by atoms with Gasteiger partial charge in [-0.15, -0.1) is 5.10 Å². The van der Waals surface area contributed by atoms with Gasteiger partial charge < -0.3 is 15.2 Å². The molecule has 1 saturated heterocycles. The van der Waals surface area contributed by atoms with Crippen LogP contribution in [0.5, 0.6) is 0 Å². The fourth-order valence-corrected chi connectivity index (χ4v) is 1.91. The second kappa shape index (κ2) is 4.91. The number of nitro groups is 1. The number of aliphatic hydroxyl groups is 1. The molecule has 1 aliphatic heterocycles. The average Bonchev–Trinajstić information content (AvgIpc) is 2.69. The van der Waals surface area contributed by atoms with Crippen LogP contribution in [0.25, 0.3) is 0 Å². The van der Waals surface area contributed by atoms with Crippen molar-refractivity contribution in [3.8, 4) is 0 Å². The highest BCUT2D eigenvalue weighted by molar-refractivity contribution is 5.54. The van der Waals surface area contributed by atoms with Crippen molar-refractivity contribution in [2.24, 2.45) is 7.05 Å². The van der Waals surface area contributed by atoms with Crippen LogP contribution in [0, 0.1) is 10.1 Å². The van der Waals surface area contributed by atoms with Gasteiger partial charge >= 0.3 is 5.69 Å². The van der Waals surface area contributed by atoms with Crippen LogP contribution in [0.1, 0.15) is 12.8 Å². The first-order valence-electron chi connectivity index (χ1n) is 5.72. The van der Waals surface area contributed by atoms with Crippen LogP contribution in [0.2, 0.25) is 0 Å². The lowest BCUT2D eigenvalue weighted by atomic mass is 9.94. The summed E-state index contributed by atoms with van der Waals surface area (Å²) in [6.45, 7) is 1.24. The van der Waals surface area contributed by atoms with Gasteiger partial charge in [0, 0.05) is 39.6 Å². The summed E-state index contributed by atoms with van der Waals surface area (Å²) in [4.78, 5) is 10.3. The molecule has 0 radical (unpaired) electrons. The number of anilines is 1. The Hall–Kier alpha value is -1.67. The summed E-state index contributed by atoms with van der Waals surface area (Å²) >= 11 is 0. The van der Waals surface area contributed by atoms with Crippen molar-refractivity contribution in [3.05, 3.63) is 16.3 Å². The summed E-state index contributed by atoms with van der Waals surface area (Å²) in [6, 6.07) is 0. The van der Waals surface area contributed by atoms with Crippen molar-refractivity contribution in [2.75, 3.05) is 25.1 Å². The van der Waals surface area contributed by atoms with Gasteiger partial charge in [-0.25, -0.2) is 0 Å².